The Morgan fingerprint density at radius 2 is 1.85 bits per heavy atom. The number of rotatable bonds is 5. The third kappa shape index (κ3) is 4.31. The van der Waals surface area contributed by atoms with Gasteiger partial charge in [0.15, 0.2) is 11.5 Å². The van der Waals surface area contributed by atoms with E-state index < -0.39 is 10.0 Å². The quantitative estimate of drug-likeness (QED) is 0.588. The van der Waals surface area contributed by atoms with Crippen LogP contribution in [0.15, 0.2) is 47.4 Å². The van der Waals surface area contributed by atoms with Gasteiger partial charge in [-0.2, -0.15) is 4.31 Å². The summed E-state index contributed by atoms with van der Waals surface area (Å²) >= 11 is 1.24. The maximum absolute atomic E-state index is 13.0. The fourth-order valence-corrected chi connectivity index (χ4v) is 6.58. The minimum absolute atomic E-state index is 0.0675. The molecule has 3 heterocycles. The van der Waals surface area contributed by atoms with Crippen molar-refractivity contribution in [1.29, 1.82) is 0 Å². The van der Waals surface area contributed by atoms with E-state index >= 15 is 0 Å². The summed E-state index contributed by atoms with van der Waals surface area (Å²) in [5, 5.41) is 12.1. The molecule has 9 nitrogen and oxygen atoms in total. The molecule has 2 aliphatic heterocycles. The lowest BCUT2D eigenvalue weighted by Gasteiger charge is -2.30. The molecule has 0 radical (unpaired) electrons. The topological polar surface area (TPSA) is 111 Å². The Morgan fingerprint density at radius 3 is 2.64 bits per heavy atom. The first-order chi connectivity index (χ1) is 15.9. The van der Waals surface area contributed by atoms with Crippen molar-refractivity contribution >= 4 is 33.0 Å². The molecule has 0 atom stereocenters. The van der Waals surface area contributed by atoms with E-state index in [9.17, 15) is 13.2 Å². The number of hydrogen-bond donors (Lipinski definition) is 1. The third-order valence-corrected chi connectivity index (χ3v) is 8.92. The molecule has 0 unspecified atom stereocenters. The fourth-order valence-electron chi connectivity index (χ4n) is 3.98. The molecule has 2 aromatic carbocycles. The van der Waals surface area contributed by atoms with Crippen molar-refractivity contribution in [2.75, 3.05) is 25.2 Å². The van der Waals surface area contributed by atoms with Gasteiger partial charge in [-0.15, -0.1) is 10.2 Å². The van der Waals surface area contributed by atoms with Gasteiger partial charge < -0.3 is 14.8 Å². The molecule has 1 saturated heterocycles. The minimum atomic E-state index is -3.53. The van der Waals surface area contributed by atoms with Crippen molar-refractivity contribution in [1.82, 2.24) is 14.5 Å². The molecule has 0 spiro atoms. The van der Waals surface area contributed by atoms with Crippen molar-refractivity contribution < 1.29 is 22.7 Å². The lowest BCUT2D eigenvalue weighted by molar-refractivity contribution is 0.102. The van der Waals surface area contributed by atoms with Gasteiger partial charge in [0.25, 0.3) is 5.91 Å². The van der Waals surface area contributed by atoms with E-state index in [-0.39, 0.29) is 23.6 Å². The van der Waals surface area contributed by atoms with Crippen LogP contribution in [0.2, 0.25) is 0 Å². The summed E-state index contributed by atoms with van der Waals surface area (Å²) in [6.45, 7) is 2.77. The Hall–Kier alpha value is -3.02. The Bertz CT molecular complexity index is 1300. The molecule has 3 aromatic rings. The number of aromatic nitrogens is 2. The zero-order valence-corrected chi connectivity index (χ0v) is 19.5. The molecule has 1 fully saturated rings. The molecule has 0 aliphatic carbocycles. The Kier molecular flexibility index (Phi) is 5.77. The van der Waals surface area contributed by atoms with Crippen LogP contribution in [0.4, 0.5) is 5.69 Å². The minimum Gasteiger partial charge on any atom is -0.454 e. The number of amides is 1. The van der Waals surface area contributed by atoms with Gasteiger partial charge in [-0.1, -0.05) is 29.5 Å². The summed E-state index contributed by atoms with van der Waals surface area (Å²) in [4.78, 5) is 13.0. The maximum atomic E-state index is 13.0. The Morgan fingerprint density at radius 1 is 1.09 bits per heavy atom. The van der Waals surface area contributed by atoms with Gasteiger partial charge in [0.05, 0.1) is 4.90 Å². The van der Waals surface area contributed by atoms with E-state index in [1.165, 1.54) is 15.6 Å². The van der Waals surface area contributed by atoms with Gasteiger partial charge in [-0.25, -0.2) is 8.42 Å². The molecule has 0 saturated carbocycles. The first kappa shape index (κ1) is 21.8. The van der Waals surface area contributed by atoms with Crippen LogP contribution in [0.25, 0.3) is 0 Å². The van der Waals surface area contributed by atoms with Crippen LogP contribution in [0.5, 0.6) is 11.5 Å². The summed E-state index contributed by atoms with van der Waals surface area (Å²) in [7, 11) is -3.53. The SMILES string of the molecule is Cc1ccccc1S(=O)(=O)N1CCC(c2nnc(C(=O)Nc3ccc4c(c3)OCO4)s2)CC1. The highest BCUT2D eigenvalue weighted by molar-refractivity contribution is 7.89. The number of nitrogens with zero attached hydrogens (tertiary/aromatic N) is 3. The summed E-state index contributed by atoms with van der Waals surface area (Å²) in [5.74, 6) is 0.940. The van der Waals surface area contributed by atoms with E-state index in [4.69, 9.17) is 9.47 Å². The third-order valence-electron chi connectivity index (χ3n) is 5.78. The maximum Gasteiger partial charge on any atom is 0.286 e. The molecule has 1 aromatic heterocycles. The average Bonchev–Trinajstić information content (AvgIpc) is 3.49. The average molecular weight is 487 g/mol. The van der Waals surface area contributed by atoms with E-state index in [1.807, 2.05) is 6.07 Å². The first-order valence-electron chi connectivity index (χ1n) is 10.5. The number of sulfonamides is 1. The zero-order chi connectivity index (χ0) is 23.0. The van der Waals surface area contributed by atoms with Gasteiger partial charge in [0.1, 0.15) is 5.01 Å². The number of hydrogen-bond acceptors (Lipinski definition) is 8. The molecule has 172 valence electrons. The van der Waals surface area contributed by atoms with Crippen molar-refractivity contribution in [2.45, 2.75) is 30.6 Å². The summed E-state index contributed by atoms with van der Waals surface area (Å²) in [6, 6.07) is 12.2. The number of carbonyl (C=O) groups excluding carboxylic acids is 1. The van der Waals surface area contributed by atoms with E-state index in [2.05, 4.69) is 15.5 Å². The van der Waals surface area contributed by atoms with Gasteiger partial charge in [-0.3, -0.25) is 4.79 Å². The second kappa shape index (κ2) is 8.73. The number of ether oxygens (including phenoxy) is 2. The fraction of sp³-hybridized carbons (Fsp3) is 0.318. The molecule has 2 aliphatic rings. The van der Waals surface area contributed by atoms with Crippen molar-refractivity contribution in [3.8, 4) is 11.5 Å². The summed E-state index contributed by atoms with van der Waals surface area (Å²) in [5.41, 5.74) is 1.32. The van der Waals surface area contributed by atoms with Gasteiger partial charge >= 0.3 is 0 Å². The standard InChI is InChI=1S/C22H22N4O5S2/c1-14-4-2-3-5-19(14)33(28,29)26-10-8-15(9-11-26)21-24-25-22(32-21)20(27)23-16-6-7-17-18(12-16)31-13-30-17/h2-7,12,15H,8-11,13H2,1H3,(H,23,27). The highest BCUT2D eigenvalue weighted by Crippen LogP contribution is 2.35. The van der Waals surface area contributed by atoms with Crippen LogP contribution >= 0.6 is 11.3 Å². The van der Waals surface area contributed by atoms with Crippen LogP contribution in [0.3, 0.4) is 0 Å². The highest BCUT2D eigenvalue weighted by Gasteiger charge is 2.32. The summed E-state index contributed by atoms with van der Waals surface area (Å²) in [6.07, 6.45) is 1.26. The number of anilines is 1. The van der Waals surface area contributed by atoms with E-state index in [0.29, 0.717) is 48.0 Å². The Balaban J connectivity index is 1.22. The van der Waals surface area contributed by atoms with Crippen molar-refractivity contribution in [2.24, 2.45) is 0 Å². The van der Waals surface area contributed by atoms with Crippen LogP contribution in [-0.4, -0.2) is 48.7 Å². The largest absolute Gasteiger partial charge is 0.454 e. The molecule has 0 bridgehead atoms. The van der Waals surface area contributed by atoms with Crippen molar-refractivity contribution in [3.05, 3.63) is 58.0 Å². The van der Waals surface area contributed by atoms with Crippen LogP contribution < -0.4 is 14.8 Å². The molecule has 11 heteroatoms. The van der Waals surface area contributed by atoms with Crippen LogP contribution in [-0.2, 0) is 10.0 Å². The summed E-state index contributed by atoms with van der Waals surface area (Å²) < 4.78 is 38.2. The lowest BCUT2D eigenvalue weighted by Crippen LogP contribution is -2.38. The molecule has 1 N–H and O–H groups in total. The number of nitrogens with one attached hydrogen (secondary N) is 1. The predicted octanol–water partition coefficient (Wildman–Crippen LogP) is 3.40. The van der Waals surface area contributed by atoms with Gasteiger partial charge in [-0.05, 0) is 43.5 Å². The van der Waals surface area contributed by atoms with E-state index in [1.54, 1.807) is 43.3 Å². The smallest absolute Gasteiger partial charge is 0.286 e. The van der Waals surface area contributed by atoms with Crippen LogP contribution in [0.1, 0.15) is 39.1 Å². The second-order valence-electron chi connectivity index (χ2n) is 7.91. The van der Waals surface area contributed by atoms with Gasteiger partial charge in [0, 0.05) is 30.8 Å². The first-order valence-corrected chi connectivity index (χ1v) is 12.8. The molecular weight excluding hydrogens is 464 g/mol. The van der Waals surface area contributed by atoms with Gasteiger partial charge in [0.2, 0.25) is 21.8 Å². The lowest BCUT2D eigenvalue weighted by atomic mass is 9.99. The number of aryl methyl sites for hydroxylation is 1. The normalized spacial score (nSPS) is 16.6. The highest BCUT2D eigenvalue weighted by atomic mass is 32.2. The molecule has 33 heavy (non-hydrogen) atoms. The Labute approximate surface area is 195 Å². The predicted molar refractivity (Wildman–Crippen MR) is 122 cm³/mol. The number of fused-ring (bicyclic) bond motifs is 1. The molecule has 5 rings (SSSR count). The van der Waals surface area contributed by atoms with Crippen molar-refractivity contribution in [3.63, 3.8) is 0 Å². The number of piperidine rings is 1. The van der Waals surface area contributed by atoms with Crippen LogP contribution in [0, 0.1) is 6.92 Å². The molecular formula is C22H22N4O5S2. The second-order valence-corrected chi connectivity index (χ2v) is 10.8. The van der Waals surface area contributed by atoms with E-state index in [0.717, 1.165) is 10.6 Å². The number of benzene rings is 2. The molecule has 1 amide bonds. The number of carbonyl (C=O) groups is 1. The monoisotopic (exact) mass is 486 g/mol. The zero-order valence-electron chi connectivity index (χ0n) is 17.9.